The van der Waals surface area contributed by atoms with Crippen molar-refractivity contribution in [1.82, 2.24) is 4.31 Å². The number of benzene rings is 1. The molecule has 3 N–H and O–H groups in total. The molecule has 0 aromatic heterocycles. The number of hydrogen-bond donors (Lipinski definition) is 2. The molecule has 7 heteroatoms. The van der Waals surface area contributed by atoms with Crippen LogP contribution in [0.15, 0.2) is 17.0 Å². The number of anilines is 1. The van der Waals surface area contributed by atoms with Gasteiger partial charge in [-0.3, -0.25) is 0 Å². The van der Waals surface area contributed by atoms with E-state index in [0.29, 0.717) is 12.8 Å². The van der Waals surface area contributed by atoms with Gasteiger partial charge >= 0.3 is 0 Å². The Bertz CT molecular complexity index is 633. The topological polar surface area (TPSA) is 83.6 Å². The summed E-state index contributed by atoms with van der Waals surface area (Å²) in [6, 6.07) is 1.89. The van der Waals surface area contributed by atoms with Crippen molar-refractivity contribution < 1.29 is 17.9 Å². The first-order valence-corrected chi connectivity index (χ1v) is 8.41. The third-order valence-electron chi connectivity index (χ3n) is 4.14. The van der Waals surface area contributed by atoms with E-state index in [1.807, 2.05) is 0 Å². The van der Waals surface area contributed by atoms with Gasteiger partial charge in [0.2, 0.25) is 10.0 Å². The van der Waals surface area contributed by atoms with Crippen LogP contribution in [0.4, 0.5) is 10.1 Å². The molecule has 21 heavy (non-hydrogen) atoms. The minimum absolute atomic E-state index is 0.0429. The molecule has 1 aromatic rings. The molecular weight excluding hydrogens is 295 g/mol. The number of nitrogen functional groups attached to an aromatic ring is 1. The summed E-state index contributed by atoms with van der Waals surface area (Å²) in [6.45, 7) is 1.41. The number of likely N-dealkylation sites (N-methyl/N-ethyl adjacent to an activating group) is 1. The van der Waals surface area contributed by atoms with Gasteiger partial charge in [-0.25, -0.2) is 12.8 Å². The third kappa shape index (κ3) is 3.04. The van der Waals surface area contributed by atoms with Crippen LogP contribution in [-0.2, 0) is 10.0 Å². The molecule has 2 rings (SSSR count). The predicted molar refractivity (Wildman–Crippen MR) is 78.8 cm³/mol. The van der Waals surface area contributed by atoms with Gasteiger partial charge in [0.05, 0.1) is 17.0 Å². The average Bonchev–Trinajstić information content (AvgIpc) is 2.42. The maximum atomic E-state index is 13.7. The molecule has 2 unspecified atom stereocenters. The maximum absolute atomic E-state index is 13.7. The van der Waals surface area contributed by atoms with Crippen molar-refractivity contribution in [2.45, 2.75) is 49.6 Å². The summed E-state index contributed by atoms with van der Waals surface area (Å²) in [7, 11) is -2.47. The first kappa shape index (κ1) is 16.2. The van der Waals surface area contributed by atoms with Crippen molar-refractivity contribution in [3.8, 4) is 0 Å². The quantitative estimate of drug-likeness (QED) is 0.830. The molecule has 0 amide bonds. The third-order valence-corrected chi connectivity index (χ3v) is 6.15. The van der Waals surface area contributed by atoms with Crippen molar-refractivity contribution in [2.24, 2.45) is 0 Å². The summed E-state index contributed by atoms with van der Waals surface area (Å²) in [5, 5.41) is 10.0. The molecule has 0 bridgehead atoms. The van der Waals surface area contributed by atoms with Gasteiger partial charge in [-0.15, -0.1) is 0 Å². The van der Waals surface area contributed by atoms with E-state index in [1.54, 1.807) is 0 Å². The summed E-state index contributed by atoms with van der Waals surface area (Å²) in [5.74, 6) is -0.647. The Hall–Kier alpha value is -1.18. The van der Waals surface area contributed by atoms with Gasteiger partial charge in [-0.2, -0.15) is 4.31 Å². The van der Waals surface area contributed by atoms with E-state index >= 15 is 0 Å². The maximum Gasteiger partial charge on any atom is 0.243 e. The van der Waals surface area contributed by atoms with Crippen LogP contribution < -0.4 is 5.73 Å². The Labute approximate surface area is 124 Å². The summed E-state index contributed by atoms with van der Waals surface area (Å²) >= 11 is 0. The minimum Gasteiger partial charge on any atom is -0.399 e. The first-order chi connectivity index (χ1) is 9.75. The van der Waals surface area contributed by atoms with Crippen molar-refractivity contribution >= 4 is 15.7 Å². The number of rotatable bonds is 3. The second-order valence-corrected chi connectivity index (χ2v) is 7.53. The zero-order valence-corrected chi connectivity index (χ0v) is 13.0. The van der Waals surface area contributed by atoms with E-state index in [1.165, 1.54) is 20.0 Å². The van der Waals surface area contributed by atoms with Crippen LogP contribution in [-0.4, -0.2) is 37.0 Å². The van der Waals surface area contributed by atoms with Gasteiger partial charge in [0, 0.05) is 18.3 Å². The highest BCUT2D eigenvalue weighted by Crippen LogP contribution is 2.29. The van der Waals surface area contributed by atoms with Crippen LogP contribution in [0.1, 0.15) is 31.2 Å². The lowest BCUT2D eigenvalue weighted by molar-refractivity contribution is 0.0638. The van der Waals surface area contributed by atoms with Crippen molar-refractivity contribution in [2.75, 3.05) is 12.8 Å². The highest BCUT2D eigenvalue weighted by atomic mass is 32.2. The Morgan fingerprint density at radius 3 is 2.57 bits per heavy atom. The Balaban J connectivity index is 2.42. The molecule has 118 valence electrons. The lowest BCUT2D eigenvalue weighted by Gasteiger charge is -2.34. The highest BCUT2D eigenvalue weighted by Gasteiger charge is 2.35. The Kier molecular flexibility index (Phi) is 4.55. The smallest absolute Gasteiger partial charge is 0.243 e. The van der Waals surface area contributed by atoms with Crippen LogP contribution >= 0.6 is 0 Å². The fraction of sp³-hybridized carbons (Fsp3) is 0.571. The Morgan fingerprint density at radius 1 is 1.33 bits per heavy atom. The zero-order valence-electron chi connectivity index (χ0n) is 12.2. The van der Waals surface area contributed by atoms with E-state index < -0.39 is 28.0 Å². The van der Waals surface area contributed by atoms with Gasteiger partial charge in [0.25, 0.3) is 0 Å². The number of hydrogen-bond acceptors (Lipinski definition) is 4. The molecular formula is C14H21FN2O3S. The van der Waals surface area contributed by atoms with Gasteiger partial charge in [-0.05, 0) is 31.9 Å². The zero-order chi connectivity index (χ0) is 15.8. The average molecular weight is 316 g/mol. The molecule has 0 aliphatic heterocycles. The number of aliphatic hydroxyl groups excluding tert-OH is 1. The molecule has 1 fully saturated rings. The van der Waals surface area contributed by atoms with Crippen molar-refractivity contribution in [1.29, 1.82) is 0 Å². The van der Waals surface area contributed by atoms with Gasteiger partial charge in [0.15, 0.2) is 0 Å². The standard InChI is InChI=1S/C14H21FN2O3S/c1-9-11(15)7-10(16)8-14(9)21(19,20)17(2)12-5-3-4-6-13(12)18/h7-8,12-13,18H,3-6,16H2,1-2H3. The van der Waals surface area contributed by atoms with E-state index in [0.717, 1.165) is 23.2 Å². The van der Waals surface area contributed by atoms with E-state index in [2.05, 4.69) is 0 Å². The molecule has 0 heterocycles. The van der Waals surface area contributed by atoms with E-state index in [-0.39, 0.29) is 16.1 Å². The summed E-state index contributed by atoms with van der Waals surface area (Å²) in [4.78, 5) is -0.139. The summed E-state index contributed by atoms with van der Waals surface area (Å²) in [6.07, 6.45) is 2.24. The molecule has 0 saturated heterocycles. The largest absolute Gasteiger partial charge is 0.399 e. The van der Waals surface area contributed by atoms with Gasteiger partial charge < -0.3 is 10.8 Å². The molecule has 1 saturated carbocycles. The van der Waals surface area contributed by atoms with Gasteiger partial charge in [0.1, 0.15) is 5.82 Å². The SMILES string of the molecule is Cc1c(F)cc(N)cc1S(=O)(=O)N(C)C1CCCCC1O. The van der Waals surface area contributed by atoms with Crippen molar-refractivity contribution in [3.63, 3.8) is 0 Å². The van der Waals surface area contributed by atoms with Gasteiger partial charge in [-0.1, -0.05) is 12.8 Å². The second kappa shape index (κ2) is 5.90. The number of sulfonamides is 1. The van der Waals surface area contributed by atoms with E-state index in [4.69, 9.17) is 5.73 Å². The fourth-order valence-electron chi connectivity index (χ4n) is 2.79. The monoisotopic (exact) mass is 316 g/mol. The van der Waals surface area contributed by atoms with E-state index in [9.17, 15) is 17.9 Å². The molecule has 1 aromatic carbocycles. The highest BCUT2D eigenvalue weighted by molar-refractivity contribution is 7.89. The number of nitrogens with zero attached hydrogens (tertiary/aromatic N) is 1. The molecule has 1 aliphatic carbocycles. The van der Waals surface area contributed by atoms with Crippen LogP contribution in [0.5, 0.6) is 0 Å². The first-order valence-electron chi connectivity index (χ1n) is 6.97. The number of aliphatic hydroxyl groups is 1. The molecule has 5 nitrogen and oxygen atoms in total. The number of nitrogens with two attached hydrogens (primary N) is 1. The van der Waals surface area contributed by atoms with Crippen LogP contribution in [0, 0.1) is 12.7 Å². The molecule has 0 spiro atoms. The van der Waals surface area contributed by atoms with Crippen molar-refractivity contribution in [3.05, 3.63) is 23.5 Å². The Morgan fingerprint density at radius 2 is 1.95 bits per heavy atom. The summed E-state index contributed by atoms with van der Waals surface area (Å²) < 4.78 is 40.3. The van der Waals surface area contributed by atoms with Crippen LogP contribution in [0.3, 0.4) is 0 Å². The molecule has 1 aliphatic rings. The lowest BCUT2D eigenvalue weighted by atomic mass is 9.93. The predicted octanol–water partition coefficient (Wildman–Crippen LogP) is 1.64. The van der Waals surface area contributed by atoms with Crippen LogP contribution in [0.2, 0.25) is 0 Å². The molecule has 0 radical (unpaired) electrons. The van der Waals surface area contributed by atoms with Crippen LogP contribution in [0.25, 0.3) is 0 Å². The minimum atomic E-state index is -3.89. The summed E-state index contributed by atoms with van der Waals surface area (Å²) in [5.41, 5.74) is 5.67. The fourth-order valence-corrected chi connectivity index (χ4v) is 4.47. The lowest BCUT2D eigenvalue weighted by Crippen LogP contribution is -2.46. The second-order valence-electron chi connectivity index (χ2n) is 5.57. The normalized spacial score (nSPS) is 23.5. The molecule has 2 atom stereocenters. The number of halogens is 1.